The predicted octanol–water partition coefficient (Wildman–Crippen LogP) is 4.70. The minimum Gasteiger partial charge on any atom is -0.347 e. The first-order valence-electron chi connectivity index (χ1n) is 8.53. The van der Waals surface area contributed by atoms with Crippen molar-refractivity contribution in [2.75, 3.05) is 0 Å². The minimum absolute atomic E-state index is 0.0623. The number of nitrogens with one attached hydrogen (secondary N) is 1. The number of nitrogens with zero attached hydrogens (tertiary/aromatic N) is 3. The number of fused-ring (bicyclic) bond motifs is 1. The summed E-state index contributed by atoms with van der Waals surface area (Å²) < 4.78 is 38.9. The summed E-state index contributed by atoms with van der Waals surface area (Å²) in [5, 5.41) is 3.24. The Labute approximate surface area is 167 Å². The Morgan fingerprint density at radius 1 is 1.00 bits per heavy atom. The van der Waals surface area contributed by atoms with Crippen molar-refractivity contribution in [3.8, 4) is 10.7 Å². The van der Waals surface area contributed by atoms with Crippen molar-refractivity contribution < 1.29 is 18.0 Å². The van der Waals surface area contributed by atoms with Gasteiger partial charge in [-0.15, -0.1) is 11.3 Å². The second kappa shape index (κ2) is 7.59. The van der Waals surface area contributed by atoms with E-state index in [-0.39, 0.29) is 12.2 Å². The molecule has 0 bridgehead atoms. The Bertz CT molecular complexity index is 1140. The fourth-order valence-corrected chi connectivity index (χ4v) is 3.68. The molecule has 4 rings (SSSR count). The van der Waals surface area contributed by atoms with E-state index in [4.69, 9.17) is 0 Å². The van der Waals surface area contributed by atoms with Crippen LogP contribution < -0.4 is 5.32 Å². The standard InChI is InChI=1S/C20H13F3N4OS/c21-20(22,23)13-7-5-12(6-8-13)11-26-18(28)16-17(25-10-9-24-16)19-27-14-3-1-2-4-15(14)29-19/h1-10H,11H2,(H,26,28). The van der Waals surface area contributed by atoms with Crippen LogP contribution >= 0.6 is 11.3 Å². The number of benzene rings is 2. The molecule has 4 aromatic rings. The van der Waals surface area contributed by atoms with Crippen molar-refractivity contribution in [2.45, 2.75) is 12.7 Å². The molecule has 0 aliphatic carbocycles. The van der Waals surface area contributed by atoms with E-state index in [0.717, 1.165) is 22.3 Å². The van der Waals surface area contributed by atoms with Gasteiger partial charge in [0, 0.05) is 18.9 Å². The maximum atomic E-state index is 12.6. The van der Waals surface area contributed by atoms with Crippen LogP contribution in [0.15, 0.2) is 60.9 Å². The maximum Gasteiger partial charge on any atom is 0.416 e. The Morgan fingerprint density at radius 2 is 1.72 bits per heavy atom. The molecule has 0 radical (unpaired) electrons. The van der Waals surface area contributed by atoms with E-state index in [1.165, 1.54) is 35.9 Å². The van der Waals surface area contributed by atoms with Crippen molar-refractivity contribution >= 4 is 27.5 Å². The zero-order valence-corrected chi connectivity index (χ0v) is 15.6. The van der Waals surface area contributed by atoms with Crippen LogP contribution in [0.5, 0.6) is 0 Å². The first kappa shape index (κ1) is 19.0. The van der Waals surface area contributed by atoms with Crippen LogP contribution in [0.25, 0.3) is 20.9 Å². The van der Waals surface area contributed by atoms with Crippen LogP contribution in [-0.4, -0.2) is 20.9 Å². The highest BCUT2D eigenvalue weighted by Gasteiger charge is 2.30. The van der Waals surface area contributed by atoms with Crippen molar-refractivity contribution in [3.05, 3.63) is 77.7 Å². The zero-order chi connectivity index (χ0) is 20.4. The predicted molar refractivity (Wildman–Crippen MR) is 103 cm³/mol. The summed E-state index contributed by atoms with van der Waals surface area (Å²) in [4.78, 5) is 25.5. The summed E-state index contributed by atoms with van der Waals surface area (Å²) in [5.74, 6) is -0.479. The van der Waals surface area contributed by atoms with E-state index in [0.29, 0.717) is 16.3 Å². The Kier molecular flexibility index (Phi) is 4.98. The maximum absolute atomic E-state index is 12.6. The molecule has 0 aliphatic rings. The number of aromatic nitrogens is 3. The largest absolute Gasteiger partial charge is 0.416 e. The lowest BCUT2D eigenvalue weighted by Crippen LogP contribution is -2.25. The highest BCUT2D eigenvalue weighted by molar-refractivity contribution is 7.21. The Balaban J connectivity index is 1.54. The first-order chi connectivity index (χ1) is 13.9. The van der Waals surface area contributed by atoms with Crippen molar-refractivity contribution in [3.63, 3.8) is 0 Å². The lowest BCUT2D eigenvalue weighted by Gasteiger charge is -2.09. The molecule has 146 valence electrons. The second-order valence-electron chi connectivity index (χ2n) is 6.12. The molecule has 2 aromatic heterocycles. The molecular weight excluding hydrogens is 401 g/mol. The van der Waals surface area contributed by atoms with E-state index >= 15 is 0 Å². The highest BCUT2D eigenvalue weighted by Crippen LogP contribution is 2.30. The van der Waals surface area contributed by atoms with Gasteiger partial charge < -0.3 is 5.32 Å². The van der Waals surface area contributed by atoms with E-state index in [9.17, 15) is 18.0 Å². The highest BCUT2D eigenvalue weighted by atomic mass is 32.1. The SMILES string of the molecule is O=C(NCc1ccc(C(F)(F)F)cc1)c1nccnc1-c1nc2ccccc2s1. The van der Waals surface area contributed by atoms with Crippen molar-refractivity contribution in [1.82, 2.24) is 20.3 Å². The van der Waals surface area contributed by atoms with E-state index in [1.807, 2.05) is 24.3 Å². The quantitative estimate of drug-likeness (QED) is 0.526. The molecule has 0 atom stereocenters. The lowest BCUT2D eigenvalue weighted by molar-refractivity contribution is -0.137. The summed E-state index contributed by atoms with van der Waals surface area (Å²) in [6.45, 7) is 0.0623. The normalized spacial score (nSPS) is 11.6. The second-order valence-corrected chi connectivity index (χ2v) is 7.15. The van der Waals surface area contributed by atoms with Crippen LogP contribution in [-0.2, 0) is 12.7 Å². The van der Waals surface area contributed by atoms with Crippen LogP contribution in [0.3, 0.4) is 0 Å². The van der Waals surface area contributed by atoms with Gasteiger partial charge in [0.05, 0.1) is 15.8 Å². The van der Waals surface area contributed by atoms with Crippen LogP contribution in [0.2, 0.25) is 0 Å². The number of halogens is 3. The average molecular weight is 414 g/mol. The van der Waals surface area contributed by atoms with Gasteiger partial charge in [0.1, 0.15) is 10.7 Å². The number of para-hydroxylation sites is 1. The summed E-state index contributed by atoms with van der Waals surface area (Å²) in [6, 6.07) is 12.2. The van der Waals surface area contributed by atoms with Crippen molar-refractivity contribution in [1.29, 1.82) is 0 Å². The van der Waals surface area contributed by atoms with Gasteiger partial charge in [-0.05, 0) is 29.8 Å². The van der Waals surface area contributed by atoms with Crippen LogP contribution in [0.1, 0.15) is 21.6 Å². The topological polar surface area (TPSA) is 67.8 Å². The molecule has 2 heterocycles. The summed E-state index contributed by atoms with van der Waals surface area (Å²) in [7, 11) is 0. The van der Waals surface area contributed by atoms with Gasteiger partial charge in [-0.2, -0.15) is 13.2 Å². The Morgan fingerprint density at radius 3 is 2.45 bits per heavy atom. The molecule has 0 aliphatic heterocycles. The third-order valence-corrected chi connectivity index (χ3v) is 5.19. The molecule has 0 saturated carbocycles. The number of hydrogen-bond donors (Lipinski definition) is 1. The average Bonchev–Trinajstić information content (AvgIpc) is 3.16. The zero-order valence-electron chi connectivity index (χ0n) is 14.8. The summed E-state index contributed by atoms with van der Waals surface area (Å²) >= 11 is 1.40. The number of carbonyl (C=O) groups excluding carboxylic acids is 1. The number of thiazole rings is 1. The number of amides is 1. The van der Waals surface area contributed by atoms with Gasteiger partial charge in [0.25, 0.3) is 5.91 Å². The first-order valence-corrected chi connectivity index (χ1v) is 9.35. The molecule has 1 N–H and O–H groups in total. The molecular formula is C20H13F3N4OS. The summed E-state index contributed by atoms with van der Waals surface area (Å²) in [6.07, 6.45) is -1.51. The molecule has 0 fully saturated rings. The van der Waals surface area contributed by atoms with E-state index in [1.54, 1.807) is 0 Å². The summed E-state index contributed by atoms with van der Waals surface area (Å²) in [5.41, 5.74) is 1.07. The van der Waals surface area contributed by atoms with Gasteiger partial charge in [-0.25, -0.2) is 15.0 Å². The number of rotatable bonds is 4. The van der Waals surface area contributed by atoms with E-state index in [2.05, 4.69) is 20.3 Å². The minimum atomic E-state index is -4.40. The van der Waals surface area contributed by atoms with E-state index < -0.39 is 17.6 Å². The molecule has 5 nitrogen and oxygen atoms in total. The van der Waals surface area contributed by atoms with Gasteiger partial charge in [-0.1, -0.05) is 24.3 Å². The van der Waals surface area contributed by atoms with Crippen LogP contribution in [0, 0.1) is 0 Å². The molecule has 29 heavy (non-hydrogen) atoms. The molecule has 2 aromatic carbocycles. The number of hydrogen-bond acceptors (Lipinski definition) is 5. The number of carbonyl (C=O) groups is 1. The van der Waals surface area contributed by atoms with Gasteiger partial charge >= 0.3 is 6.18 Å². The Hall–Kier alpha value is -3.33. The lowest BCUT2D eigenvalue weighted by atomic mass is 10.1. The third kappa shape index (κ3) is 4.09. The molecule has 0 unspecified atom stereocenters. The molecule has 9 heteroatoms. The van der Waals surface area contributed by atoms with Gasteiger partial charge in [0.2, 0.25) is 0 Å². The fourth-order valence-electron chi connectivity index (χ4n) is 2.71. The van der Waals surface area contributed by atoms with Crippen LogP contribution in [0.4, 0.5) is 13.2 Å². The molecule has 1 amide bonds. The fraction of sp³-hybridized carbons (Fsp3) is 0.100. The smallest absolute Gasteiger partial charge is 0.347 e. The van der Waals surface area contributed by atoms with Gasteiger partial charge in [-0.3, -0.25) is 4.79 Å². The third-order valence-electron chi connectivity index (χ3n) is 4.14. The molecule has 0 saturated heterocycles. The van der Waals surface area contributed by atoms with Crippen molar-refractivity contribution in [2.24, 2.45) is 0 Å². The number of alkyl halides is 3. The molecule has 0 spiro atoms. The van der Waals surface area contributed by atoms with Gasteiger partial charge in [0.15, 0.2) is 5.69 Å². The monoisotopic (exact) mass is 414 g/mol.